The predicted octanol–water partition coefficient (Wildman–Crippen LogP) is 9.37. The van der Waals surface area contributed by atoms with Crippen LogP contribution in [0.4, 0.5) is 0 Å². The van der Waals surface area contributed by atoms with Crippen LogP contribution in [-0.4, -0.2) is 79.0 Å². The van der Waals surface area contributed by atoms with E-state index >= 15 is 4.79 Å². The fraction of sp³-hybridized carbons (Fsp3) is 0.368. The molecule has 1 aliphatic carbocycles. The third-order valence-electron chi connectivity index (χ3n) is 15.1. The van der Waals surface area contributed by atoms with Gasteiger partial charge in [-0.25, -0.2) is 0 Å². The topological polar surface area (TPSA) is 99.5 Å². The number of hydrogen-bond acceptors (Lipinski definition) is 7. The van der Waals surface area contributed by atoms with Crippen LogP contribution in [0.2, 0.25) is 11.4 Å². The van der Waals surface area contributed by atoms with Crippen molar-refractivity contribution < 1.29 is 28.8 Å². The molecule has 67 heavy (non-hydrogen) atoms. The average Bonchev–Trinajstić information content (AvgIpc) is 3.58. The summed E-state index contributed by atoms with van der Waals surface area (Å²) in [5.74, 6) is -1.36. The number of aromatic hydroxyl groups is 1. The third kappa shape index (κ3) is 9.44. The maximum Gasteiger partial charge on any atom is 0.455 e. The van der Waals surface area contributed by atoms with Crippen LogP contribution in [-0.2, 0) is 25.2 Å². The molecule has 3 heterocycles. The Labute approximate surface area is 398 Å². The van der Waals surface area contributed by atoms with Crippen molar-refractivity contribution in [2.45, 2.75) is 96.8 Å². The molecule has 8 nitrogen and oxygen atoms in total. The highest BCUT2D eigenvalue weighted by Crippen LogP contribution is 2.52. The van der Waals surface area contributed by atoms with Crippen molar-refractivity contribution in [2.24, 2.45) is 17.8 Å². The van der Waals surface area contributed by atoms with Crippen molar-refractivity contribution in [2.75, 3.05) is 19.7 Å². The van der Waals surface area contributed by atoms with Gasteiger partial charge < -0.3 is 19.2 Å². The van der Waals surface area contributed by atoms with E-state index in [9.17, 15) is 14.9 Å². The average molecular weight is 913 g/mol. The highest BCUT2D eigenvalue weighted by atomic mass is 28.4. The van der Waals surface area contributed by atoms with Crippen molar-refractivity contribution in [1.29, 1.82) is 0 Å². The summed E-state index contributed by atoms with van der Waals surface area (Å²) in [6.07, 6.45) is 4.97. The number of carbonyl (C=O) groups excluding carboxylic acids is 2. The Bertz CT molecular complexity index is 2550. The van der Waals surface area contributed by atoms with Crippen LogP contribution in [0.3, 0.4) is 0 Å². The van der Waals surface area contributed by atoms with E-state index in [4.69, 9.17) is 9.08 Å². The number of hydrogen-bond donors (Lipinski definition) is 2. The zero-order valence-electron chi connectivity index (χ0n) is 39.7. The number of allylic oxidation sites excluding steroid dienone is 1. The van der Waals surface area contributed by atoms with Gasteiger partial charge in [0, 0.05) is 25.7 Å². The highest BCUT2D eigenvalue weighted by molar-refractivity contribution is 6.99. The van der Waals surface area contributed by atoms with Crippen molar-refractivity contribution in [3.63, 3.8) is 0 Å². The van der Waals surface area contributed by atoms with Gasteiger partial charge in [-0.2, -0.15) is 0 Å². The minimum absolute atomic E-state index is 0.0789. The van der Waals surface area contributed by atoms with Crippen molar-refractivity contribution in [1.82, 2.24) is 9.80 Å². The number of nitrogens with zero attached hydrogens (tertiary/aromatic N) is 2. The SMILES string of the molecule is Cc1cc(/C=C(/CC[C@H]2OB(O)C[C@H]3C2=C(CO[Si](c2ccccc2)(c2ccccc2)C(C)(C)C)C[C@H]2C(=O)N(C4CCN(Cc5ccccc5)CC4)C(=O)[C@H]23)c2ccccc2)cc(C)c1O. The maximum atomic E-state index is 15.0. The Kier molecular flexibility index (Phi) is 13.7. The molecule has 5 aromatic rings. The molecule has 9 rings (SSSR count). The predicted molar refractivity (Wildman–Crippen MR) is 271 cm³/mol. The van der Waals surface area contributed by atoms with Gasteiger partial charge >= 0.3 is 7.12 Å². The van der Waals surface area contributed by atoms with Crippen LogP contribution in [0.1, 0.15) is 80.7 Å². The molecule has 10 heteroatoms. The molecular formula is C57H65BN2O6Si. The first-order valence-corrected chi connectivity index (χ1v) is 26.2. The number of aryl methyl sites for hydroxylation is 2. The van der Waals surface area contributed by atoms with Crippen molar-refractivity contribution in [3.05, 3.63) is 172 Å². The molecule has 0 radical (unpaired) electrons. The number of phenolic OH excluding ortho intramolecular Hbond substituents is 1. The molecule has 0 unspecified atom stereocenters. The quantitative estimate of drug-likeness (QED) is 0.0526. The zero-order chi connectivity index (χ0) is 46.9. The first-order chi connectivity index (χ1) is 32.3. The van der Waals surface area contributed by atoms with Crippen LogP contribution in [0, 0.1) is 31.6 Å². The van der Waals surface area contributed by atoms with Crippen LogP contribution in [0.15, 0.2) is 145 Å². The number of phenols is 1. The van der Waals surface area contributed by atoms with E-state index in [-0.39, 0.29) is 41.7 Å². The zero-order valence-corrected chi connectivity index (χ0v) is 40.7. The highest BCUT2D eigenvalue weighted by Gasteiger charge is 2.59. The van der Waals surface area contributed by atoms with E-state index in [2.05, 4.69) is 117 Å². The number of fused-ring (bicyclic) bond motifs is 3. The van der Waals surface area contributed by atoms with Gasteiger partial charge in [-0.15, -0.1) is 0 Å². The standard InChI is InChI=1S/C57H65BN2O6Si/c1-39-32-42(33-40(2)54(39)61)34-44(43-20-12-7-13-21-43)26-27-51-52-45(38-65-67(57(3,4)5,47-22-14-8-15-23-47)48-24-16-9-17-25-48)35-49-53(50(52)36-58(64)66-51)56(63)60(55(49)62)46-28-30-59(31-29-46)37-41-18-10-6-11-19-41/h6-25,32-34,46,49-51,53,61,64H,26-31,35-38H2,1-5H3/b44-34-/t49-,50+,51-,53-/m1/s1. The summed E-state index contributed by atoms with van der Waals surface area (Å²) in [5, 5.41) is 24.4. The van der Waals surface area contributed by atoms with E-state index < -0.39 is 33.4 Å². The normalized spacial score (nSPS) is 22.0. The minimum atomic E-state index is -3.02. The smallest absolute Gasteiger partial charge is 0.455 e. The summed E-state index contributed by atoms with van der Waals surface area (Å²) in [6, 6.07) is 45.9. The largest absolute Gasteiger partial charge is 0.507 e. The van der Waals surface area contributed by atoms with Gasteiger partial charge in [0.15, 0.2) is 0 Å². The minimum Gasteiger partial charge on any atom is -0.507 e. The molecule has 3 saturated heterocycles. The van der Waals surface area contributed by atoms with E-state index in [1.807, 2.05) is 62.4 Å². The molecule has 5 aromatic carbocycles. The number of carbonyl (C=O) groups is 2. The van der Waals surface area contributed by atoms with Gasteiger partial charge in [-0.05, 0) is 130 Å². The fourth-order valence-corrected chi connectivity index (χ4v) is 16.5. The van der Waals surface area contributed by atoms with Gasteiger partial charge in [-0.3, -0.25) is 19.4 Å². The molecule has 2 amide bonds. The molecular weight excluding hydrogens is 848 g/mol. The summed E-state index contributed by atoms with van der Waals surface area (Å²) in [5.41, 5.74) is 8.10. The molecule has 2 N–H and O–H groups in total. The second-order valence-electron chi connectivity index (χ2n) is 20.4. The summed E-state index contributed by atoms with van der Waals surface area (Å²) in [4.78, 5) is 34.1. The Morgan fingerprint density at radius 3 is 1.96 bits per heavy atom. The molecule has 4 aliphatic rings. The monoisotopic (exact) mass is 912 g/mol. The Hall–Kier alpha value is -5.36. The second kappa shape index (κ2) is 19.7. The Balaban J connectivity index is 1.08. The maximum absolute atomic E-state index is 15.0. The molecule has 3 fully saturated rings. The lowest BCUT2D eigenvalue weighted by Crippen LogP contribution is -2.66. The van der Waals surface area contributed by atoms with E-state index in [1.165, 1.54) is 15.9 Å². The third-order valence-corrected chi connectivity index (χ3v) is 20.1. The van der Waals surface area contributed by atoms with Crippen LogP contribution in [0.25, 0.3) is 11.6 Å². The number of imide groups is 1. The number of likely N-dealkylation sites (tertiary alicyclic amines) is 2. The van der Waals surface area contributed by atoms with E-state index in [1.54, 1.807) is 4.90 Å². The van der Waals surface area contributed by atoms with Gasteiger partial charge in [0.2, 0.25) is 11.8 Å². The Morgan fingerprint density at radius 2 is 1.37 bits per heavy atom. The molecule has 0 saturated carbocycles. The first-order valence-electron chi connectivity index (χ1n) is 24.3. The lowest BCUT2D eigenvalue weighted by molar-refractivity contribution is -0.144. The number of rotatable bonds is 13. The number of amides is 2. The molecule has 0 spiro atoms. The van der Waals surface area contributed by atoms with Gasteiger partial charge in [0.1, 0.15) is 5.75 Å². The molecule has 4 atom stereocenters. The number of benzene rings is 5. The van der Waals surface area contributed by atoms with Crippen LogP contribution in [0.5, 0.6) is 5.75 Å². The molecule has 0 aromatic heterocycles. The van der Waals surface area contributed by atoms with Crippen LogP contribution >= 0.6 is 0 Å². The molecule has 3 aliphatic heterocycles. The summed E-state index contributed by atoms with van der Waals surface area (Å²) >= 11 is 0. The van der Waals surface area contributed by atoms with Gasteiger partial charge in [-0.1, -0.05) is 148 Å². The van der Waals surface area contributed by atoms with Gasteiger partial charge in [0.05, 0.1) is 24.5 Å². The summed E-state index contributed by atoms with van der Waals surface area (Å²) in [7, 11) is -4.12. The van der Waals surface area contributed by atoms with E-state index in [0.29, 0.717) is 25.0 Å². The second-order valence-corrected chi connectivity index (χ2v) is 24.7. The fourth-order valence-electron chi connectivity index (χ4n) is 11.9. The van der Waals surface area contributed by atoms with Crippen LogP contribution < -0.4 is 10.4 Å². The first kappa shape index (κ1) is 46.7. The molecule has 346 valence electrons. The van der Waals surface area contributed by atoms with Gasteiger partial charge in [0.25, 0.3) is 8.32 Å². The molecule has 0 bridgehead atoms. The Morgan fingerprint density at radius 1 is 0.806 bits per heavy atom. The summed E-state index contributed by atoms with van der Waals surface area (Å²) < 4.78 is 14.3. The lowest BCUT2D eigenvalue weighted by Gasteiger charge is -2.46. The summed E-state index contributed by atoms with van der Waals surface area (Å²) in [6.45, 7) is 13.4. The van der Waals surface area contributed by atoms with Crippen molar-refractivity contribution >= 4 is 49.3 Å². The van der Waals surface area contributed by atoms with E-state index in [0.717, 1.165) is 71.4 Å². The van der Waals surface area contributed by atoms with Crippen molar-refractivity contribution in [3.8, 4) is 5.75 Å². The number of piperidine rings is 1. The lowest BCUT2D eigenvalue weighted by atomic mass is 9.58.